The molecule has 0 aromatic rings. The van der Waals surface area contributed by atoms with E-state index in [0.29, 0.717) is 12.8 Å². The zero-order valence-corrected chi connectivity index (χ0v) is 14.9. The van der Waals surface area contributed by atoms with Crippen molar-refractivity contribution >= 4 is 23.8 Å². The summed E-state index contributed by atoms with van der Waals surface area (Å²) in [4.78, 5) is 48.5. The number of hydrogen-bond acceptors (Lipinski definition) is 5. The Balaban J connectivity index is 5.22. The number of unbranched alkanes of at least 4 members (excludes halogenated alkanes) is 4. The Hall–Kier alpha value is -1.92. The van der Waals surface area contributed by atoms with Crippen LogP contribution in [0.15, 0.2) is 0 Å². The maximum absolute atomic E-state index is 12.4. The van der Waals surface area contributed by atoms with Crippen molar-refractivity contribution in [2.24, 2.45) is 0 Å². The molecule has 0 aliphatic heterocycles. The van der Waals surface area contributed by atoms with Gasteiger partial charge >= 0.3 is 11.9 Å². The maximum atomic E-state index is 12.4. The highest BCUT2D eigenvalue weighted by Crippen LogP contribution is 2.15. The van der Waals surface area contributed by atoms with E-state index in [2.05, 4.69) is 4.74 Å². The molecule has 0 aromatic carbocycles. The zero-order chi connectivity index (χ0) is 18.5. The maximum Gasteiger partial charge on any atom is 0.327 e. The van der Waals surface area contributed by atoms with Gasteiger partial charge in [0.1, 0.15) is 6.04 Å². The zero-order valence-electron chi connectivity index (χ0n) is 14.9. The number of carboxylic acid groups (broad SMARTS) is 1. The first-order valence-corrected chi connectivity index (χ1v) is 8.53. The molecule has 7 nitrogen and oxygen atoms in total. The topological polar surface area (TPSA) is 101 Å². The number of methoxy groups -OCH3 is 1. The van der Waals surface area contributed by atoms with Crippen LogP contribution >= 0.6 is 0 Å². The summed E-state index contributed by atoms with van der Waals surface area (Å²) in [6, 6.07) is -1.51. The Kier molecular flexibility index (Phi) is 11.5. The summed E-state index contributed by atoms with van der Waals surface area (Å²) in [6.07, 6.45) is 4.26. The predicted octanol–water partition coefficient (Wildman–Crippen LogP) is 2.52. The van der Waals surface area contributed by atoms with Gasteiger partial charge in [0.05, 0.1) is 13.5 Å². The summed E-state index contributed by atoms with van der Waals surface area (Å²) in [5.74, 6) is -3.23. The molecule has 0 saturated carbocycles. The van der Waals surface area contributed by atoms with E-state index in [9.17, 15) is 24.3 Å². The Bertz CT molecular complexity index is 413. The van der Waals surface area contributed by atoms with E-state index in [1.165, 1.54) is 0 Å². The number of esters is 1. The minimum absolute atomic E-state index is 0.0955. The highest BCUT2D eigenvalue weighted by Gasteiger charge is 2.35. The first kappa shape index (κ1) is 22.1. The number of rotatable bonds is 12. The molecule has 0 rings (SSSR count). The molecule has 0 aliphatic rings. The van der Waals surface area contributed by atoms with Gasteiger partial charge in [-0.05, 0) is 12.8 Å². The summed E-state index contributed by atoms with van der Waals surface area (Å²) in [7, 11) is 1.14. The average molecular weight is 343 g/mol. The molecule has 1 N–H and O–H groups in total. The molecule has 0 bridgehead atoms. The molecule has 7 heteroatoms. The predicted molar refractivity (Wildman–Crippen MR) is 88.2 cm³/mol. The normalized spacial score (nSPS) is 11.6. The number of amides is 2. The van der Waals surface area contributed by atoms with Crippen LogP contribution in [0.3, 0.4) is 0 Å². The molecule has 0 saturated heterocycles. The van der Waals surface area contributed by atoms with E-state index in [1.807, 2.05) is 13.8 Å². The summed E-state index contributed by atoms with van der Waals surface area (Å²) < 4.78 is 4.49. The molecule has 0 fully saturated rings. The van der Waals surface area contributed by atoms with Crippen LogP contribution in [0.2, 0.25) is 0 Å². The van der Waals surface area contributed by atoms with Gasteiger partial charge < -0.3 is 9.84 Å². The van der Waals surface area contributed by atoms with Crippen molar-refractivity contribution in [2.75, 3.05) is 7.11 Å². The Morgan fingerprint density at radius 2 is 1.38 bits per heavy atom. The summed E-state index contributed by atoms with van der Waals surface area (Å²) in [5, 5.41) is 9.38. The van der Waals surface area contributed by atoms with Gasteiger partial charge in [0.2, 0.25) is 11.8 Å². The molecule has 0 heterocycles. The number of imide groups is 1. The van der Waals surface area contributed by atoms with Crippen LogP contribution in [0.1, 0.15) is 71.6 Å². The van der Waals surface area contributed by atoms with Gasteiger partial charge in [0, 0.05) is 12.8 Å². The molecular weight excluding hydrogens is 314 g/mol. The van der Waals surface area contributed by atoms with Crippen LogP contribution in [0.25, 0.3) is 0 Å². The first-order valence-electron chi connectivity index (χ1n) is 8.53. The number of carbonyl (C=O) groups is 4. The van der Waals surface area contributed by atoms with Gasteiger partial charge in [-0.1, -0.05) is 39.5 Å². The van der Waals surface area contributed by atoms with Crippen LogP contribution in [0.4, 0.5) is 0 Å². The van der Waals surface area contributed by atoms with Gasteiger partial charge in [-0.3, -0.25) is 19.3 Å². The van der Waals surface area contributed by atoms with Gasteiger partial charge in [0.15, 0.2) is 0 Å². The second-order valence-corrected chi connectivity index (χ2v) is 5.71. The van der Waals surface area contributed by atoms with Crippen LogP contribution in [0, 0.1) is 0 Å². The highest BCUT2D eigenvalue weighted by molar-refractivity contribution is 6.00. The van der Waals surface area contributed by atoms with Crippen molar-refractivity contribution in [3.63, 3.8) is 0 Å². The minimum Gasteiger partial charge on any atom is -0.480 e. The van der Waals surface area contributed by atoms with Crippen LogP contribution in [-0.4, -0.2) is 46.9 Å². The lowest BCUT2D eigenvalue weighted by atomic mass is 10.1. The van der Waals surface area contributed by atoms with Gasteiger partial charge in [0.25, 0.3) is 0 Å². The molecule has 24 heavy (non-hydrogen) atoms. The fraction of sp³-hybridized carbons (Fsp3) is 0.765. The van der Waals surface area contributed by atoms with Crippen molar-refractivity contribution in [1.29, 1.82) is 0 Å². The number of aliphatic carboxylic acids is 1. The van der Waals surface area contributed by atoms with Crippen LogP contribution in [-0.2, 0) is 23.9 Å². The lowest BCUT2D eigenvalue weighted by Crippen LogP contribution is -2.49. The van der Waals surface area contributed by atoms with E-state index in [-0.39, 0.29) is 12.8 Å². The van der Waals surface area contributed by atoms with Crippen molar-refractivity contribution in [3.8, 4) is 0 Å². The van der Waals surface area contributed by atoms with Crippen molar-refractivity contribution < 1.29 is 29.0 Å². The van der Waals surface area contributed by atoms with E-state index < -0.39 is 36.2 Å². The van der Waals surface area contributed by atoms with Gasteiger partial charge in [-0.15, -0.1) is 0 Å². The number of carboxylic acids is 1. The highest BCUT2D eigenvalue weighted by atomic mass is 16.5. The van der Waals surface area contributed by atoms with Gasteiger partial charge in [-0.25, -0.2) is 4.79 Å². The van der Waals surface area contributed by atoms with E-state index in [4.69, 9.17) is 0 Å². The molecule has 0 aliphatic carbocycles. The standard InChI is InChI=1S/C17H29NO6/c1-4-6-8-10-14(19)18(15(20)11-9-7-5-2)13(17(22)23)12-16(21)24-3/h13H,4-12H2,1-3H3,(H,22,23). The Labute approximate surface area is 143 Å². The summed E-state index contributed by atoms with van der Waals surface area (Å²) in [6.45, 7) is 3.96. The molecule has 0 radical (unpaired) electrons. The van der Waals surface area contributed by atoms with Crippen molar-refractivity contribution in [2.45, 2.75) is 77.7 Å². The second-order valence-electron chi connectivity index (χ2n) is 5.71. The smallest absolute Gasteiger partial charge is 0.327 e. The largest absolute Gasteiger partial charge is 0.480 e. The third kappa shape index (κ3) is 8.08. The second kappa shape index (κ2) is 12.5. The first-order chi connectivity index (χ1) is 11.4. The number of hydrogen-bond donors (Lipinski definition) is 1. The van der Waals surface area contributed by atoms with E-state index >= 15 is 0 Å². The Morgan fingerprint density at radius 1 is 0.917 bits per heavy atom. The quantitative estimate of drug-likeness (QED) is 0.431. The minimum atomic E-state index is -1.51. The molecule has 1 atom stereocenters. The third-order valence-electron chi connectivity index (χ3n) is 3.71. The average Bonchev–Trinajstić information content (AvgIpc) is 2.54. The summed E-state index contributed by atoms with van der Waals surface area (Å²) >= 11 is 0. The molecule has 0 spiro atoms. The van der Waals surface area contributed by atoms with Crippen molar-refractivity contribution in [1.82, 2.24) is 4.90 Å². The lowest BCUT2D eigenvalue weighted by molar-refractivity contribution is -0.161. The number of carbonyl (C=O) groups excluding carboxylic acids is 3. The fourth-order valence-electron chi connectivity index (χ4n) is 2.31. The van der Waals surface area contributed by atoms with Crippen molar-refractivity contribution in [3.05, 3.63) is 0 Å². The molecule has 138 valence electrons. The van der Waals surface area contributed by atoms with E-state index in [1.54, 1.807) is 0 Å². The monoisotopic (exact) mass is 343 g/mol. The molecule has 2 amide bonds. The molecular formula is C17H29NO6. The van der Waals surface area contributed by atoms with E-state index in [0.717, 1.165) is 37.7 Å². The lowest BCUT2D eigenvalue weighted by Gasteiger charge is -2.27. The number of nitrogens with zero attached hydrogens (tertiary/aromatic N) is 1. The third-order valence-corrected chi connectivity index (χ3v) is 3.71. The number of ether oxygens (including phenoxy) is 1. The Morgan fingerprint density at radius 3 is 1.71 bits per heavy atom. The van der Waals surface area contributed by atoms with Crippen LogP contribution in [0.5, 0.6) is 0 Å². The fourth-order valence-corrected chi connectivity index (χ4v) is 2.31. The van der Waals surface area contributed by atoms with Crippen LogP contribution < -0.4 is 0 Å². The summed E-state index contributed by atoms with van der Waals surface area (Å²) in [5.41, 5.74) is 0. The molecule has 0 aromatic heterocycles. The SMILES string of the molecule is CCCCCC(=O)N(C(=O)CCCCC)C(CC(=O)OC)C(=O)O. The van der Waals surface area contributed by atoms with Gasteiger partial charge in [-0.2, -0.15) is 0 Å². The molecule has 1 unspecified atom stereocenters.